The first-order chi connectivity index (χ1) is 10.6. The molecule has 0 aliphatic heterocycles. The zero-order valence-electron chi connectivity index (χ0n) is 13.8. The number of ether oxygens (including phenoxy) is 2. The van der Waals surface area contributed by atoms with Crippen molar-refractivity contribution in [1.29, 1.82) is 0 Å². The van der Waals surface area contributed by atoms with E-state index in [-0.39, 0.29) is 25.2 Å². The Hall–Kier alpha value is -2.16. The van der Waals surface area contributed by atoms with E-state index in [1.807, 2.05) is 0 Å². The van der Waals surface area contributed by atoms with Crippen molar-refractivity contribution in [2.45, 2.75) is 45.3 Å². The molecule has 0 aliphatic carbocycles. The number of rotatable bonds is 8. The Kier molecular flexibility index (Phi) is 8.86. The number of Topliss-reactive ketones (excluding diaryl/α,β-unsaturated/α-hetero) is 1. The maximum Gasteiger partial charge on any atom is 0.408 e. The molecule has 9 heteroatoms. The molecule has 0 aromatic carbocycles. The Labute approximate surface area is 134 Å². The molecule has 0 unspecified atom stereocenters. The van der Waals surface area contributed by atoms with Crippen LogP contribution in [0.4, 0.5) is 4.79 Å². The highest BCUT2D eigenvalue weighted by atomic mass is 16.6. The third-order valence-corrected chi connectivity index (χ3v) is 2.49. The van der Waals surface area contributed by atoms with Gasteiger partial charge >= 0.3 is 12.1 Å². The quantitative estimate of drug-likeness (QED) is 0.511. The SMILES string of the molecule is COC(=O)CCC(=O)CNC(=O)[C@H](CO)NC(=O)OC(C)(C)C. The molecule has 0 rings (SSSR count). The van der Waals surface area contributed by atoms with Gasteiger partial charge in [-0.3, -0.25) is 14.4 Å². The number of amides is 2. The maximum atomic E-state index is 11.8. The molecule has 0 spiro atoms. The Bertz CT molecular complexity index is 443. The van der Waals surface area contributed by atoms with Crippen molar-refractivity contribution in [2.24, 2.45) is 0 Å². The molecule has 132 valence electrons. The lowest BCUT2D eigenvalue weighted by Gasteiger charge is -2.22. The molecular weight excluding hydrogens is 308 g/mol. The second-order valence-corrected chi connectivity index (χ2v) is 5.71. The summed E-state index contributed by atoms with van der Waals surface area (Å²) in [4.78, 5) is 45.7. The van der Waals surface area contributed by atoms with E-state index < -0.39 is 36.2 Å². The molecule has 0 aromatic rings. The minimum Gasteiger partial charge on any atom is -0.469 e. The predicted octanol–water partition coefficient (Wildman–Crippen LogP) is -0.489. The van der Waals surface area contributed by atoms with E-state index in [1.165, 1.54) is 7.11 Å². The predicted molar refractivity (Wildman–Crippen MR) is 79.5 cm³/mol. The van der Waals surface area contributed by atoms with E-state index in [0.717, 1.165) is 0 Å². The Balaban J connectivity index is 4.27. The molecule has 1 atom stereocenters. The summed E-state index contributed by atoms with van der Waals surface area (Å²) in [6.07, 6.45) is -1.01. The van der Waals surface area contributed by atoms with E-state index in [0.29, 0.717) is 0 Å². The van der Waals surface area contributed by atoms with Crippen LogP contribution < -0.4 is 10.6 Å². The molecule has 0 heterocycles. The molecule has 0 saturated carbocycles. The maximum absolute atomic E-state index is 11.8. The van der Waals surface area contributed by atoms with Gasteiger partial charge < -0.3 is 25.2 Å². The first kappa shape index (κ1) is 20.8. The van der Waals surface area contributed by atoms with E-state index in [9.17, 15) is 19.2 Å². The van der Waals surface area contributed by atoms with Gasteiger partial charge in [0.05, 0.1) is 26.7 Å². The van der Waals surface area contributed by atoms with Crippen LogP contribution in [0.3, 0.4) is 0 Å². The summed E-state index contributed by atoms with van der Waals surface area (Å²) in [6, 6.07) is -1.24. The van der Waals surface area contributed by atoms with Gasteiger partial charge in [-0.05, 0) is 20.8 Å². The normalized spacial score (nSPS) is 12.0. The van der Waals surface area contributed by atoms with Crippen molar-refractivity contribution < 1.29 is 33.8 Å². The van der Waals surface area contributed by atoms with Crippen molar-refractivity contribution in [3.63, 3.8) is 0 Å². The van der Waals surface area contributed by atoms with Gasteiger partial charge in [0.1, 0.15) is 11.6 Å². The van der Waals surface area contributed by atoms with Gasteiger partial charge in [0.25, 0.3) is 0 Å². The smallest absolute Gasteiger partial charge is 0.408 e. The highest BCUT2D eigenvalue weighted by molar-refractivity contribution is 5.91. The largest absolute Gasteiger partial charge is 0.469 e. The van der Waals surface area contributed by atoms with Gasteiger partial charge in [-0.2, -0.15) is 0 Å². The highest BCUT2D eigenvalue weighted by Gasteiger charge is 2.24. The van der Waals surface area contributed by atoms with Gasteiger partial charge in [-0.15, -0.1) is 0 Å². The van der Waals surface area contributed by atoms with Crippen LogP contribution in [0.5, 0.6) is 0 Å². The number of hydrogen-bond acceptors (Lipinski definition) is 7. The summed E-state index contributed by atoms with van der Waals surface area (Å²) < 4.78 is 9.36. The molecule has 0 radical (unpaired) electrons. The summed E-state index contributed by atoms with van der Waals surface area (Å²) in [5, 5.41) is 13.6. The molecule has 23 heavy (non-hydrogen) atoms. The van der Waals surface area contributed by atoms with Gasteiger partial charge in [-0.1, -0.05) is 0 Å². The van der Waals surface area contributed by atoms with E-state index in [4.69, 9.17) is 9.84 Å². The first-order valence-corrected chi connectivity index (χ1v) is 7.05. The van der Waals surface area contributed by atoms with Crippen LogP contribution >= 0.6 is 0 Å². The third-order valence-electron chi connectivity index (χ3n) is 2.49. The number of methoxy groups -OCH3 is 1. The fraction of sp³-hybridized carbons (Fsp3) is 0.714. The average molecular weight is 332 g/mol. The first-order valence-electron chi connectivity index (χ1n) is 7.05. The standard InChI is InChI=1S/C14H24N2O7/c1-14(2,3)23-13(21)16-10(8-17)12(20)15-7-9(18)5-6-11(19)22-4/h10,17H,5-8H2,1-4H3,(H,15,20)(H,16,21)/t10-/m0/s1. The number of alkyl carbamates (subject to hydrolysis) is 1. The molecule has 0 aromatic heterocycles. The third kappa shape index (κ3) is 10.2. The van der Waals surface area contributed by atoms with Crippen molar-refractivity contribution in [2.75, 3.05) is 20.3 Å². The summed E-state index contributed by atoms with van der Waals surface area (Å²) in [5.41, 5.74) is -0.746. The van der Waals surface area contributed by atoms with E-state index in [2.05, 4.69) is 15.4 Å². The lowest BCUT2D eigenvalue weighted by molar-refractivity contribution is -0.141. The van der Waals surface area contributed by atoms with Gasteiger partial charge in [0.2, 0.25) is 5.91 Å². The zero-order chi connectivity index (χ0) is 18.0. The molecule has 2 amide bonds. The van der Waals surface area contributed by atoms with Crippen LogP contribution in [-0.2, 0) is 23.9 Å². The number of hydrogen-bond donors (Lipinski definition) is 3. The Morgan fingerprint density at radius 1 is 1.13 bits per heavy atom. The number of aliphatic hydroxyl groups excluding tert-OH is 1. The fourth-order valence-corrected chi connectivity index (χ4v) is 1.38. The van der Waals surface area contributed by atoms with Crippen molar-refractivity contribution in [3.8, 4) is 0 Å². The van der Waals surface area contributed by atoms with Gasteiger partial charge in [-0.25, -0.2) is 4.79 Å². The molecule has 0 saturated heterocycles. The second-order valence-electron chi connectivity index (χ2n) is 5.71. The Morgan fingerprint density at radius 3 is 2.22 bits per heavy atom. The molecular formula is C14H24N2O7. The average Bonchev–Trinajstić information content (AvgIpc) is 2.45. The molecule has 9 nitrogen and oxygen atoms in total. The number of nitrogens with one attached hydrogen (secondary N) is 2. The Morgan fingerprint density at radius 2 is 1.74 bits per heavy atom. The number of carbonyl (C=O) groups excluding carboxylic acids is 4. The number of esters is 1. The van der Waals surface area contributed by atoms with Crippen LogP contribution in [0.15, 0.2) is 0 Å². The summed E-state index contributed by atoms with van der Waals surface area (Å²) in [6.45, 7) is 3.99. The number of ketones is 1. The second kappa shape index (κ2) is 9.78. The van der Waals surface area contributed by atoms with Crippen LogP contribution in [0, 0.1) is 0 Å². The van der Waals surface area contributed by atoms with Crippen molar-refractivity contribution in [3.05, 3.63) is 0 Å². The van der Waals surface area contributed by atoms with Crippen LogP contribution in [-0.4, -0.2) is 60.8 Å². The highest BCUT2D eigenvalue weighted by Crippen LogP contribution is 2.06. The van der Waals surface area contributed by atoms with Crippen LogP contribution in [0.1, 0.15) is 33.6 Å². The lowest BCUT2D eigenvalue weighted by atomic mass is 10.2. The number of carbonyl (C=O) groups is 4. The van der Waals surface area contributed by atoms with Crippen molar-refractivity contribution >= 4 is 23.8 Å². The lowest BCUT2D eigenvalue weighted by Crippen LogP contribution is -2.51. The minimum absolute atomic E-state index is 0.0732. The van der Waals surface area contributed by atoms with E-state index in [1.54, 1.807) is 20.8 Å². The summed E-state index contributed by atoms with van der Waals surface area (Å²) in [7, 11) is 1.21. The number of aliphatic hydroxyl groups is 1. The summed E-state index contributed by atoms with van der Waals surface area (Å²) >= 11 is 0. The fourth-order valence-electron chi connectivity index (χ4n) is 1.38. The molecule has 0 aliphatic rings. The zero-order valence-corrected chi connectivity index (χ0v) is 13.8. The molecule has 3 N–H and O–H groups in total. The molecule has 0 bridgehead atoms. The van der Waals surface area contributed by atoms with E-state index >= 15 is 0 Å². The van der Waals surface area contributed by atoms with Gasteiger partial charge in [0.15, 0.2) is 5.78 Å². The minimum atomic E-state index is -1.24. The monoisotopic (exact) mass is 332 g/mol. The topological polar surface area (TPSA) is 131 Å². The summed E-state index contributed by atoms with van der Waals surface area (Å²) in [5.74, 6) is -1.63. The molecule has 0 fully saturated rings. The van der Waals surface area contributed by atoms with Crippen LogP contribution in [0.2, 0.25) is 0 Å². The van der Waals surface area contributed by atoms with Crippen molar-refractivity contribution in [1.82, 2.24) is 10.6 Å². The van der Waals surface area contributed by atoms with Crippen LogP contribution in [0.25, 0.3) is 0 Å². The van der Waals surface area contributed by atoms with Gasteiger partial charge in [0, 0.05) is 6.42 Å².